The molecule has 0 bridgehead atoms. The lowest BCUT2D eigenvalue weighted by atomic mass is 10.0. The molecule has 2 heterocycles. The van der Waals surface area contributed by atoms with E-state index in [-0.39, 0.29) is 24.2 Å². The molecule has 0 aliphatic heterocycles. The van der Waals surface area contributed by atoms with Gasteiger partial charge < -0.3 is 9.72 Å². The van der Waals surface area contributed by atoms with Crippen molar-refractivity contribution >= 4 is 40.1 Å². The first-order valence-electron chi connectivity index (χ1n) is 8.90. The number of hydrogen-bond acceptors (Lipinski definition) is 6. The van der Waals surface area contributed by atoms with Gasteiger partial charge in [0.05, 0.1) is 17.7 Å². The number of aromatic nitrogens is 1. The normalized spacial score (nSPS) is 11.1. The van der Waals surface area contributed by atoms with E-state index in [9.17, 15) is 20.1 Å². The van der Waals surface area contributed by atoms with Crippen LogP contribution in [0, 0.1) is 29.6 Å². The van der Waals surface area contributed by atoms with Crippen LogP contribution >= 0.6 is 11.3 Å². The Bertz CT molecular complexity index is 1220. The summed E-state index contributed by atoms with van der Waals surface area (Å²) in [4.78, 5) is 28.7. The fourth-order valence-electron chi connectivity index (χ4n) is 3.02. The van der Waals surface area contributed by atoms with Gasteiger partial charge in [0.15, 0.2) is 5.78 Å². The first kappa shape index (κ1) is 20.1. The molecule has 0 spiro atoms. The van der Waals surface area contributed by atoms with Gasteiger partial charge in [-0.2, -0.15) is 10.5 Å². The molecule has 0 radical (unpaired) electrons. The van der Waals surface area contributed by atoms with Crippen LogP contribution in [0.25, 0.3) is 17.0 Å². The molecule has 2 aromatic heterocycles. The summed E-state index contributed by atoms with van der Waals surface area (Å²) in [5.41, 5.74) is 2.42. The predicted octanol–water partition coefficient (Wildman–Crippen LogP) is 4.30. The Morgan fingerprint density at radius 2 is 2.03 bits per heavy atom. The standard InChI is InChI=1S/C22H17N3O3S/c1-3-28-22(27)21-13(2)17(11-24)20(29-21)9-19(26)14(10-23)8-15-12-25-18-7-5-4-6-16(15)18/h4-8,12,25H,3,9H2,1-2H3. The molecule has 6 nitrogen and oxygen atoms in total. The molecule has 7 heteroatoms. The Kier molecular flexibility index (Phi) is 5.92. The average Bonchev–Trinajstić information content (AvgIpc) is 3.26. The lowest BCUT2D eigenvalue weighted by molar-refractivity contribution is -0.114. The number of thiophene rings is 1. The molecule has 1 aromatic carbocycles. The molecule has 0 atom stereocenters. The molecule has 0 aliphatic carbocycles. The van der Waals surface area contributed by atoms with E-state index in [1.54, 1.807) is 26.1 Å². The number of nitriles is 2. The lowest BCUT2D eigenvalue weighted by Crippen LogP contribution is -2.05. The van der Waals surface area contributed by atoms with E-state index in [1.165, 1.54) is 0 Å². The van der Waals surface area contributed by atoms with Crippen molar-refractivity contribution in [2.24, 2.45) is 0 Å². The van der Waals surface area contributed by atoms with Crippen molar-refractivity contribution < 1.29 is 14.3 Å². The summed E-state index contributed by atoms with van der Waals surface area (Å²) < 4.78 is 5.02. The van der Waals surface area contributed by atoms with E-state index in [4.69, 9.17) is 4.74 Å². The molecule has 0 aliphatic rings. The highest BCUT2D eigenvalue weighted by molar-refractivity contribution is 7.14. The Morgan fingerprint density at radius 3 is 2.72 bits per heavy atom. The maximum Gasteiger partial charge on any atom is 0.348 e. The number of ether oxygens (including phenoxy) is 1. The maximum absolute atomic E-state index is 12.8. The van der Waals surface area contributed by atoms with Crippen molar-refractivity contribution in [2.45, 2.75) is 20.3 Å². The number of para-hydroxylation sites is 1. The molecule has 0 unspecified atom stereocenters. The summed E-state index contributed by atoms with van der Waals surface area (Å²) in [5, 5.41) is 19.9. The van der Waals surface area contributed by atoms with E-state index in [0.29, 0.717) is 15.3 Å². The number of nitrogens with one attached hydrogen (secondary N) is 1. The molecule has 0 saturated heterocycles. The van der Waals surface area contributed by atoms with E-state index in [1.807, 2.05) is 30.3 Å². The molecule has 29 heavy (non-hydrogen) atoms. The van der Waals surface area contributed by atoms with Crippen molar-refractivity contribution in [2.75, 3.05) is 6.61 Å². The smallest absolute Gasteiger partial charge is 0.348 e. The third kappa shape index (κ3) is 3.96. The number of fused-ring (bicyclic) bond motifs is 1. The molecule has 0 amide bonds. The Labute approximate surface area is 171 Å². The first-order valence-corrected chi connectivity index (χ1v) is 9.72. The molecule has 3 aromatic rings. The topological polar surface area (TPSA) is 107 Å². The van der Waals surface area contributed by atoms with Crippen molar-refractivity contribution in [1.82, 2.24) is 4.98 Å². The van der Waals surface area contributed by atoms with Gasteiger partial charge in [-0.05, 0) is 31.6 Å². The number of benzene rings is 1. The number of aromatic amines is 1. The molecule has 1 N–H and O–H groups in total. The van der Waals surface area contributed by atoms with E-state index < -0.39 is 11.8 Å². The van der Waals surface area contributed by atoms with Gasteiger partial charge in [-0.3, -0.25) is 4.79 Å². The lowest BCUT2D eigenvalue weighted by Gasteiger charge is -1.99. The highest BCUT2D eigenvalue weighted by Gasteiger charge is 2.23. The zero-order chi connectivity index (χ0) is 21.0. The fourth-order valence-corrected chi connectivity index (χ4v) is 4.17. The van der Waals surface area contributed by atoms with Gasteiger partial charge in [0, 0.05) is 34.0 Å². The fraction of sp³-hybridized carbons (Fsp3) is 0.182. The number of ketones is 1. The molecule has 0 fully saturated rings. The highest BCUT2D eigenvalue weighted by atomic mass is 32.1. The minimum atomic E-state index is -0.514. The van der Waals surface area contributed by atoms with Gasteiger partial charge in [-0.15, -0.1) is 11.3 Å². The highest BCUT2D eigenvalue weighted by Crippen LogP contribution is 2.30. The Morgan fingerprint density at radius 1 is 1.28 bits per heavy atom. The van der Waals surface area contributed by atoms with Gasteiger partial charge in [-0.25, -0.2) is 4.79 Å². The zero-order valence-electron chi connectivity index (χ0n) is 15.9. The van der Waals surface area contributed by atoms with Crippen LogP contribution in [0.1, 0.15) is 38.2 Å². The van der Waals surface area contributed by atoms with Crippen LogP contribution in [0.5, 0.6) is 0 Å². The third-order valence-electron chi connectivity index (χ3n) is 4.46. The van der Waals surface area contributed by atoms with Crippen LogP contribution in [-0.4, -0.2) is 23.3 Å². The summed E-state index contributed by atoms with van der Waals surface area (Å²) in [6.45, 7) is 3.58. The number of hydrogen-bond donors (Lipinski definition) is 1. The second-order valence-corrected chi connectivity index (χ2v) is 7.35. The van der Waals surface area contributed by atoms with Gasteiger partial charge in [0.1, 0.15) is 17.0 Å². The van der Waals surface area contributed by atoms with Crippen molar-refractivity contribution in [3.8, 4) is 12.1 Å². The van der Waals surface area contributed by atoms with Crippen LogP contribution in [0.4, 0.5) is 0 Å². The number of carbonyl (C=O) groups excluding carboxylic acids is 2. The number of allylic oxidation sites excluding steroid dienone is 1. The van der Waals surface area contributed by atoms with Crippen LogP contribution < -0.4 is 0 Å². The molecular weight excluding hydrogens is 386 g/mol. The number of nitrogens with zero attached hydrogens (tertiary/aromatic N) is 2. The zero-order valence-corrected chi connectivity index (χ0v) is 16.7. The number of esters is 1. The van der Waals surface area contributed by atoms with Crippen LogP contribution in [0.3, 0.4) is 0 Å². The summed E-state index contributed by atoms with van der Waals surface area (Å²) in [6, 6.07) is 11.6. The second-order valence-electron chi connectivity index (χ2n) is 6.25. The second kappa shape index (κ2) is 8.55. The predicted molar refractivity (Wildman–Crippen MR) is 110 cm³/mol. The Balaban J connectivity index is 1.93. The summed E-state index contributed by atoms with van der Waals surface area (Å²) in [7, 11) is 0. The van der Waals surface area contributed by atoms with E-state index in [2.05, 4.69) is 11.1 Å². The summed E-state index contributed by atoms with van der Waals surface area (Å²) in [5.74, 6) is -0.925. The minimum absolute atomic E-state index is 0.0117. The van der Waals surface area contributed by atoms with Crippen LogP contribution in [0.15, 0.2) is 36.0 Å². The van der Waals surface area contributed by atoms with Gasteiger partial charge in [0.25, 0.3) is 0 Å². The van der Waals surface area contributed by atoms with Crippen LogP contribution in [0.2, 0.25) is 0 Å². The number of carbonyl (C=O) groups is 2. The number of rotatable bonds is 6. The summed E-state index contributed by atoms with van der Waals surface area (Å²) >= 11 is 1.06. The number of Topliss-reactive ketones (excluding diaryl/α,β-unsaturated/α-hetero) is 1. The molecular formula is C22H17N3O3S. The molecule has 3 rings (SSSR count). The van der Waals surface area contributed by atoms with E-state index >= 15 is 0 Å². The van der Waals surface area contributed by atoms with E-state index in [0.717, 1.165) is 27.8 Å². The average molecular weight is 403 g/mol. The summed E-state index contributed by atoms with van der Waals surface area (Å²) in [6.07, 6.45) is 3.15. The third-order valence-corrected chi connectivity index (χ3v) is 5.73. The minimum Gasteiger partial charge on any atom is -0.462 e. The van der Waals surface area contributed by atoms with Crippen molar-refractivity contribution in [1.29, 1.82) is 10.5 Å². The van der Waals surface area contributed by atoms with Gasteiger partial charge in [0.2, 0.25) is 0 Å². The van der Waals surface area contributed by atoms with Crippen molar-refractivity contribution in [3.05, 3.63) is 62.5 Å². The SMILES string of the molecule is CCOC(=O)c1sc(CC(=O)C(C#N)=Cc2c[nH]c3ccccc23)c(C#N)c1C. The van der Waals surface area contributed by atoms with Crippen LogP contribution in [-0.2, 0) is 16.0 Å². The molecule has 144 valence electrons. The monoisotopic (exact) mass is 403 g/mol. The first-order chi connectivity index (χ1) is 14.0. The molecule has 0 saturated carbocycles. The number of H-pyrrole nitrogens is 1. The maximum atomic E-state index is 12.8. The van der Waals surface area contributed by atoms with Gasteiger partial charge in [-0.1, -0.05) is 18.2 Å². The van der Waals surface area contributed by atoms with Crippen molar-refractivity contribution in [3.63, 3.8) is 0 Å². The van der Waals surface area contributed by atoms with Gasteiger partial charge >= 0.3 is 5.97 Å². The quantitative estimate of drug-likeness (QED) is 0.375. The largest absolute Gasteiger partial charge is 0.462 e. The Hall–Kier alpha value is -3.68.